The van der Waals surface area contributed by atoms with Crippen molar-refractivity contribution in [1.82, 2.24) is 15.1 Å². The molecule has 2 N–H and O–H groups in total. The zero-order valence-corrected chi connectivity index (χ0v) is 12.6. The topological polar surface area (TPSA) is 50.1 Å². The summed E-state index contributed by atoms with van der Waals surface area (Å²) in [5.41, 5.74) is 2.02. The molecule has 4 nitrogen and oxygen atoms in total. The van der Waals surface area contributed by atoms with Crippen LogP contribution in [0.3, 0.4) is 0 Å². The number of rotatable bonds is 5. The molecule has 0 bridgehead atoms. The van der Waals surface area contributed by atoms with Crippen LogP contribution in [-0.2, 0) is 13.5 Å². The highest BCUT2D eigenvalue weighted by molar-refractivity contribution is 5.24. The van der Waals surface area contributed by atoms with Crippen molar-refractivity contribution in [3.05, 3.63) is 17.5 Å². The van der Waals surface area contributed by atoms with Gasteiger partial charge >= 0.3 is 0 Å². The Balaban J connectivity index is 1.98. The molecule has 108 valence electrons. The summed E-state index contributed by atoms with van der Waals surface area (Å²) < 4.78 is 1.98. The van der Waals surface area contributed by atoms with E-state index in [0.29, 0.717) is 18.5 Å². The fourth-order valence-electron chi connectivity index (χ4n) is 3.21. The summed E-state index contributed by atoms with van der Waals surface area (Å²) in [5.74, 6) is 0.511. The molecular weight excluding hydrogens is 238 g/mol. The van der Waals surface area contributed by atoms with Gasteiger partial charge in [0.05, 0.1) is 11.8 Å². The third-order valence-electron chi connectivity index (χ3n) is 3.95. The Morgan fingerprint density at radius 1 is 1.58 bits per heavy atom. The summed E-state index contributed by atoms with van der Waals surface area (Å²) in [6.07, 6.45) is 6.25. The van der Waals surface area contributed by atoms with Crippen molar-refractivity contribution in [2.75, 3.05) is 6.54 Å². The van der Waals surface area contributed by atoms with Crippen LogP contribution >= 0.6 is 0 Å². The van der Waals surface area contributed by atoms with Crippen LogP contribution in [0.1, 0.15) is 57.3 Å². The van der Waals surface area contributed by atoms with E-state index < -0.39 is 5.60 Å². The molecule has 1 aromatic rings. The Bertz CT molecular complexity index is 423. The lowest BCUT2D eigenvalue weighted by Crippen LogP contribution is -2.41. The maximum absolute atomic E-state index is 10.4. The molecule has 0 spiro atoms. The zero-order chi connectivity index (χ0) is 14.0. The molecule has 19 heavy (non-hydrogen) atoms. The molecule has 2 unspecified atom stereocenters. The van der Waals surface area contributed by atoms with Gasteiger partial charge in [0.2, 0.25) is 0 Å². The van der Waals surface area contributed by atoms with Crippen molar-refractivity contribution in [3.63, 3.8) is 0 Å². The van der Waals surface area contributed by atoms with Gasteiger partial charge in [-0.25, -0.2) is 0 Å². The van der Waals surface area contributed by atoms with Gasteiger partial charge in [0.25, 0.3) is 0 Å². The van der Waals surface area contributed by atoms with Crippen LogP contribution in [0.4, 0.5) is 0 Å². The third kappa shape index (κ3) is 3.57. The van der Waals surface area contributed by atoms with Crippen LogP contribution < -0.4 is 5.32 Å². The van der Waals surface area contributed by atoms with Gasteiger partial charge in [-0.1, -0.05) is 13.8 Å². The third-order valence-corrected chi connectivity index (χ3v) is 3.95. The highest BCUT2D eigenvalue weighted by Gasteiger charge is 2.27. The van der Waals surface area contributed by atoms with Crippen LogP contribution in [0.25, 0.3) is 0 Å². The summed E-state index contributed by atoms with van der Waals surface area (Å²) in [6, 6.07) is 0.344. The lowest BCUT2D eigenvalue weighted by Gasteiger charge is -2.30. The highest BCUT2D eigenvalue weighted by atomic mass is 16.3. The number of hydrogen-bond donors (Lipinski definition) is 2. The monoisotopic (exact) mass is 265 g/mol. The largest absolute Gasteiger partial charge is 0.389 e. The van der Waals surface area contributed by atoms with E-state index >= 15 is 0 Å². The molecule has 1 aliphatic rings. The van der Waals surface area contributed by atoms with Gasteiger partial charge < -0.3 is 10.4 Å². The van der Waals surface area contributed by atoms with Crippen LogP contribution in [0, 0.1) is 5.92 Å². The van der Waals surface area contributed by atoms with E-state index in [1.54, 1.807) is 0 Å². The van der Waals surface area contributed by atoms with Gasteiger partial charge in [-0.15, -0.1) is 0 Å². The van der Waals surface area contributed by atoms with E-state index in [4.69, 9.17) is 0 Å². The Kier molecular flexibility index (Phi) is 4.31. The summed E-state index contributed by atoms with van der Waals surface area (Å²) in [4.78, 5) is 0. The molecule has 2 rings (SSSR count). The van der Waals surface area contributed by atoms with E-state index in [1.807, 2.05) is 24.9 Å². The van der Waals surface area contributed by atoms with Gasteiger partial charge in [0.1, 0.15) is 0 Å². The van der Waals surface area contributed by atoms with E-state index in [1.165, 1.54) is 17.7 Å². The molecule has 4 heteroatoms. The van der Waals surface area contributed by atoms with E-state index in [0.717, 1.165) is 19.3 Å². The van der Waals surface area contributed by atoms with Crippen LogP contribution in [0.5, 0.6) is 0 Å². The minimum absolute atomic E-state index is 0.344. The average Bonchev–Trinajstić information content (AvgIpc) is 2.68. The number of hydrogen-bond acceptors (Lipinski definition) is 3. The van der Waals surface area contributed by atoms with E-state index in [9.17, 15) is 5.11 Å². The molecule has 1 aromatic heterocycles. The molecule has 0 fully saturated rings. The van der Waals surface area contributed by atoms with Crippen molar-refractivity contribution < 1.29 is 5.11 Å². The second kappa shape index (κ2) is 5.63. The first-order valence-corrected chi connectivity index (χ1v) is 7.35. The number of aromatic nitrogens is 2. The Morgan fingerprint density at radius 2 is 2.32 bits per heavy atom. The molecule has 0 saturated heterocycles. The first-order valence-electron chi connectivity index (χ1n) is 7.35. The molecule has 0 radical (unpaired) electrons. The fourth-order valence-corrected chi connectivity index (χ4v) is 3.21. The van der Waals surface area contributed by atoms with Crippen molar-refractivity contribution >= 4 is 0 Å². The smallest absolute Gasteiger partial charge is 0.0746 e. The molecule has 0 aliphatic heterocycles. The van der Waals surface area contributed by atoms with Gasteiger partial charge in [0.15, 0.2) is 0 Å². The minimum atomic E-state index is -0.631. The maximum Gasteiger partial charge on any atom is 0.0746 e. The van der Waals surface area contributed by atoms with Crippen molar-refractivity contribution in [1.29, 1.82) is 0 Å². The minimum Gasteiger partial charge on any atom is -0.389 e. The van der Waals surface area contributed by atoms with Crippen molar-refractivity contribution in [3.8, 4) is 0 Å². The first-order chi connectivity index (χ1) is 8.89. The van der Waals surface area contributed by atoms with E-state index in [2.05, 4.69) is 24.3 Å². The summed E-state index contributed by atoms with van der Waals surface area (Å²) in [5, 5.41) is 18.3. The normalized spacial score (nSPS) is 22.3. The first kappa shape index (κ1) is 14.5. The molecule has 2 atom stereocenters. The zero-order valence-electron chi connectivity index (χ0n) is 12.6. The Morgan fingerprint density at radius 3 is 3.00 bits per heavy atom. The Labute approximate surface area is 116 Å². The lowest BCUT2D eigenvalue weighted by atomic mass is 9.90. The SMILES string of the molecule is CC(C)CC(C)(O)CNC1CCCc2c1cnn2C. The molecule has 0 saturated carbocycles. The van der Waals surface area contributed by atoms with Crippen LogP contribution in [-0.4, -0.2) is 27.0 Å². The second-order valence-electron chi connectivity index (χ2n) is 6.59. The number of aliphatic hydroxyl groups is 1. The number of nitrogens with zero attached hydrogens (tertiary/aromatic N) is 2. The van der Waals surface area contributed by atoms with E-state index in [-0.39, 0.29) is 0 Å². The van der Waals surface area contributed by atoms with Gasteiger partial charge in [-0.05, 0) is 38.5 Å². The Hall–Kier alpha value is -0.870. The summed E-state index contributed by atoms with van der Waals surface area (Å²) >= 11 is 0. The van der Waals surface area contributed by atoms with Gasteiger partial charge in [0, 0.05) is 30.9 Å². The summed E-state index contributed by atoms with van der Waals surface area (Å²) in [7, 11) is 2.01. The number of fused-ring (bicyclic) bond motifs is 1. The number of nitrogens with one attached hydrogen (secondary N) is 1. The summed E-state index contributed by atoms with van der Waals surface area (Å²) in [6.45, 7) is 6.86. The maximum atomic E-state index is 10.4. The predicted octanol–water partition coefficient (Wildman–Crippen LogP) is 2.18. The quantitative estimate of drug-likeness (QED) is 0.858. The molecule has 1 aliphatic carbocycles. The lowest BCUT2D eigenvalue weighted by molar-refractivity contribution is 0.0353. The molecular formula is C15H27N3O. The fraction of sp³-hybridized carbons (Fsp3) is 0.800. The molecule has 0 aromatic carbocycles. The van der Waals surface area contributed by atoms with Crippen molar-refractivity contribution in [2.45, 2.75) is 58.1 Å². The number of aryl methyl sites for hydroxylation is 1. The average molecular weight is 265 g/mol. The molecule has 1 heterocycles. The second-order valence-corrected chi connectivity index (χ2v) is 6.59. The molecule has 0 amide bonds. The highest BCUT2D eigenvalue weighted by Crippen LogP contribution is 2.29. The van der Waals surface area contributed by atoms with Crippen LogP contribution in [0.15, 0.2) is 6.20 Å². The predicted molar refractivity (Wildman–Crippen MR) is 77.0 cm³/mol. The van der Waals surface area contributed by atoms with Gasteiger partial charge in [-0.2, -0.15) is 5.10 Å². The van der Waals surface area contributed by atoms with Gasteiger partial charge in [-0.3, -0.25) is 4.68 Å². The standard InChI is InChI=1S/C15H27N3O/c1-11(2)8-15(3,19)10-16-13-6-5-7-14-12(13)9-17-18(14)4/h9,11,13,16,19H,5-8,10H2,1-4H3. The van der Waals surface area contributed by atoms with Crippen molar-refractivity contribution in [2.24, 2.45) is 13.0 Å². The van der Waals surface area contributed by atoms with Crippen LogP contribution in [0.2, 0.25) is 0 Å².